The van der Waals surface area contributed by atoms with Crippen LogP contribution in [0.25, 0.3) is 22.8 Å². The first-order valence-corrected chi connectivity index (χ1v) is 11.5. The van der Waals surface area contributed by atoms with Crippen molar-refractivity contribution in [3.63, 3.8) is 0 Å². The summed E-state index contributed by atoms with van der Waals surface area (Å²) in [6.07, 6.45) is 0. The molecular weight excluding hydrogens is 310 g/mol. The SMILES string of the molecule is CC[Si](CC)(CC)c1nc(-c2ccccc2)oc1-c1ccccc1. The van der Waals surface area contributed by atoms with Crippen molar-refractivity contribution in [2.75, 3.05) is 0 Å². The van der Waals surface area contributed by atoms with Crippen LogP contribution < -0.4 is 5.32 Å². The lowest BCUT2D eigenvalue weighted by Crippen LogP contribution is -2.47. The van der Waals surface area contributed by atoms with Crippen molar-refractivity contribution in [3.8, 4) is 22.8 Å². The fourth-order valence-electron chi connectivity index (χ4n) is 3.42. The molecule has 2 nitrogen and oxygen atoms in total. The average Bonchev–Trinajstić information content (AvgIpc) is 3.11. The van der Waals surface area contributed by atoms with Gasteiger partial charge in [-0.25, -0.2) is 4.98 Å². The summed E-state index contributed by atoms with van der Waals surface area (Å²) in [6.45, 7) is 6.93. The molecule has 24 heavy (non-hydrogen) atoms. The van der Waals surface area contributed by atoms with Gasteiger partial charge in [-0.1, -0.05) is 87.4 Å². The maximum atomic E-state index is 6.32. The van der Waals surface area contributed by atoms with Crippen LogP contribution in [0.15, 0.2) is 65.1 Å². The van der Waals surface area contributed by atoms with Gasteiger partial charge in [-0.05, 0) is 12.1 Å². The lowest BCUT2D eigenvalue weighted by Gasteiger charge is -2.26. The van der Waals surface area contributed by atoms with Gasteiger partial charge >= 0.3 is 0 Å². The van der Waals surface area contributed by atoms with Crippen LogP contribution in [0.1, 0.15) is 20.8 Å². The number of hydrogen-bond donors (Lipinski definition) is 0. The second-order valence-electron chi connectivity index (χ2n) is 6.27. The first kappa shape index (κ1) is 16.7. The molecule has 1 aromatic heterocycles. The fourth-order valence-corrected chi connectivity index (χ4v) is 6.94. The Kier molecular flexibility index (Phi) is 5.00. The third-order valence-corrected chi connectivity index (χ3v) is 10.6. The van der Waals surface area contributed by atoms with E-state index in [1.54, 1.807) is 0 Å². The molecule has 0 spiro atoms. The van der Waals surface area contributed by atoms with E-state index in [2.05, 4.69) is 57.2 Å². The first-order chi connectivity index (χ1) is 11.7. The molecule has 0 unspecified atom stereocenters. The molecule has 3 rings (SSSR count). The molecule has 2 aromatic carbocycles. The predicted molar refractivity (Wildman–Crippen MR) is 104 cm³/mol. The summed E-state index contributed by atoms with van der Waals surface area (Å²) in [4.78, 5) is 5.04. The van der Waals surface area contributed by atoms with Crippen LogP contribution in [0.5, 0.6) is 0 Å². The molecule has 0 amide bonds. The second kappa shape index (κ2) is 7.18. The minimum Gasteiger partial charge on any atom is -0.436 e. The van der Waals surface area contributed by atoms with E-state index in [1.165, 1.54) is 23.4 Å². The van der Waals surface area contributed by atoms with E-state index in [0.29, 0.717) is 0 Å². The summed E-state index contributed by atoms with van der Waals surface area (Å²) in [5, 5.41) is 1.24. The van der Waals surface area contributed by atoms with Crippen molar-refractivity contribution in [1.82, 2.24) is 4.98 Å². The molecule has 0 aliphatic rings. The molecule has 0 atom stereocenters. The highest BCUT2D eigenvalue weighted by Gasteiger charge is 2.36. The van der Waals surface area contributed by atoms with Crippen molar-refractivity contribution in [2.24, 2.45) is 0 Å². The van der Waals surface area contributed by atoms with Crippen molar-refractivity contribution in [2.45, 2.75) is 38.9 Å². The van der Waals surface area contributed by atoms with Crippen LogP contribution in [-0.2, 0) is 0 Å². The molecule has 0 N–H and O–H groups in total. The van der Waals surface area contributed by atoms with E-state index in [-0.39, 0.29) is 0 Å². The molecule has 3 aromatic rings. The van der Waals surface area contributed by atoms with E-state index in [4.69, 9.17) is 9.40 Å². The number of hydrogen-bond acceptors (Lipinski definition) is 2. The van der Waals surface area contributed by atoms with Gasteiger partial charge in [0.25, 0.3) is 0 Å². The molecule has 0 saturated heterocycles. The summed E-state index contributed by atoms with van der Waals surface area (Å²) in [6, 6.07) is 24.2. The quantitative estimate of drug-likeness (QED) is 0.538. The predicted octanol–water partition coefficient (Wildman–Crippen LogP) is 5.72. The zero-order valence-electron chi connectivity index (χ0n) is 14.8. The van der Waals surface area contributed by atoms with Gasteiger partial charge in [0.05, 0.1) is 5.32 Å². The molecule has 124 valence electrons. The summed E-state index contributed by atoms with van der Waals surface area (Å²) in [5.41, 5.74) is 2.18. The molecule has 0 bridgehead atoms. The Hall–Kier alpha value is -2.13. The van der Waals surface area contributed by atoms with Gasteiger partial charge in [-0.2, -0.15) is 0 Å². The molecule has 3 heteroatoms. The Labute approximate surface area is 145 Å². The highest BCUT2D eigenvalue weighted by molar-refractivity contribution is 6.92. The minimum absolute atomic E-state index is 0.747. The monoisotopic (exact) mass is 335 g/mol. The lowest BCUT2D eigenvalue weighted by molar-refractivity contribution is 0.589. The van der Waals surface area contributed by atoms with Gasteiger partial charge in [-0.3, -0.25) is 0 Å². The van der Waals surface area contributed by atoms with Crippen molar-refractivity contribution in [1.29, 1.82) is 0 Å². The normalized spacial score (nSPS) is 11.6. The van der Waals surface area contributed by atoms with Gasteiger partial charge in [0, 0.05) is 11.1 Å². The number of nitrogens with zero attached hydrogens (tertiary/aromatic N) is 1. The Morgan fingerprint density at radius 2 is 1.25 bits per heavy atom. The highest BCUT2D eigenvalue weighted by Crippen LogP contribution is 2.30. The highest BCUT2D eigenvalue weighted by atomic mass is 28.3. The van der Waals surface area contributed by atoms with E-state index in [0.717, 1.165) is 22.8 Å². The standard InChI is InChI=1S/C21H25NOSi/c1-4-24(5-2,6-3)21-19(17-13-9-7-10-14-17)23-20(22-21)18-15-11-8-12-16-18/h7-16H,4-6H2,1-3H3. The maximum absolute atomic E-state index is 6.32. The molecule has 0 radical (unpaired) electrons. The number of rotatable bonds is 6. The van der Waals surface area contributed by atoms with Crippen molar-refractivity contribution in [3.05, 3.63) is 60.7 Å². The Balaban J connectivity index is 2.21. The summed E-state index contributed by atoms with van der Waals surface area (Å²) in [7, 11) is -1.64. The Morgan fingerprint density at radius 3 is 1.75 bits per heavy atom. The first-order valence-electron chi connectivity index (χ1n) is 8.86. The van der Waals surface area contributed by atoms with Crippen LogP contribution in [0.3, 0.4) is 0 Å². The zero-order chi connectivity index (χ0) is 17.0. The average molecular weight is 336 g/mol. The number of oxazole rings is 1. The van der Waals surface area contributed by atoms with Crippen molar-refractivity contribution >= 4 is 13.4 Å². The fraction of sp³-hybridized carbons (Fsp3) is 0.286. The summed E-state index contributed by atoms with van der Waals surface area (Å²) >= 11 is 0. The van der Waals surface area contributed by atoms with E-state index >= 15 is 0 Å². The topological polar surface area (TPSA) is 26.0 Å². The minimum atomic E-state index is -1.64. The van der Waals surface area contributed by atoms with E-state index in [9.17, 15) is 0 Å². The van der Waals surface area contributed by atoms with Crippen LogP contribution in [0.4, 0.5) is 0 Å². The molecule has 1 heterocycles. The van der Waals surface area contributed by atoms with Crippen LogP contribution in [-0.4, -0.2) is 13.1 Å². The maximum Gasteiger partial charge on any atom is 0.226 e. The van der Waals surface area contributed by atoms with Gasteiger partial charge in [0.15, 0.2) is 5.76 Å². The van der Waals surface area contributed by atoms with Crippen LogP contribution in [0.2, 0.25) is 18.1 Å². The number of benzene rings is 2. The molecule has 0 aliphatic heterocycles. The third kappa shape index (κ3) is 2.96. The Morgan fingerprint density at radius 1 is 0.750 bits per heavy atom. The smallest absolute Gasteiger partial charge is 0.226 e. The Bertz CT molecular complexity index is 768. The largest absolute Gasteiger partial charge is 0.436 e. The molecule has 0 aliphatic carbocycles. The summed E-state index contributed by atoms with van der Waals surface area (Å²) in [5.74, 6) is 1.73. The van der Waals surface area contributed by atoms with E-state index in [1.807, 2.05) is 24.3 Å². The van der Waals surface area contributed by atoms with Gasteiger partial charge < -0.3 is 4.42 Å². The molecule has 0 fully saturated rings. The van der Waals surface area contributed by atoms with Gasteiger partial charge in [0.1, 0.15) is 8.07 Å². The zero-order valence-corrected chi connectivity index (χ0v) is 15.8. The second-order valence-corrected chi connectivity index (χ2v) is 11.4. The van der Waals surface area contributed by atoms with Crippen LogP contribution >= 0.6 is 0 Å². The van der Waals surface area contributed by atoms with E-state index < -0.39 is 8.07 Å². The van der Waals surface area contributed by atoms with Gasteiger partial charge in [0.2, 0.25) is 5.89 Å². The van der Waals surface area contributed by atoms with Crippen LogP contribution in [0, 0.1) is 0 Å². The lowest BCUT2D eigenvalue weighted by atomic mass is 10.2. The van der Waals surface area contributed by atoms with Gasteiger partial charge in [-0.15, -0.1) is 0 Å². The molecular formula is C21H25NOSi. The molecule has 0 saturated carbocycles. The third-order valence-electron chi connectivity index (χ3n) is 5.22. The number of aromatic nitrogens is 1. The van der Waals surface area contributed by atoms with Crippen molar-refractivity contribution < 1.29 is 4.42 Å². The summed E-state index contributed by atoms with van der Waals surface area (Å²) < 4.78 is 6.32.